The van der Waals surface area contributed by atoms with Gasteiger partial charge in [0.2, 0.25) is 5.91 Å². The summed E-state index contributed by atoms with van der Waals surface area (Å²) >= 11 is 0. The number of carboxylic acid groups (broad SMARTS) is 1. The molecule has 5 heteroatoms. The maximum Gasteiger partial charge on any atom is 0.308 e. The summed E-state index contributed by atoms with van der Waals surface area (Å²) in [6.07, 6.45) is 2.39. The zero-order valence-corrected chi connectivity index (χ0v) is 8.95. The summed E-state index contributed by atoms with van der Waals surface area (Å²) < 4.78 is 0. The van der Waals surface area contributed by atoms with E-state index in [2.05, 4.69) is 10.6 Å². The van der Waals surface area contributed by atoms with Crippen LogP contribution < -0.4 is 10.6 Å². The van der Waals surface area contributed by atoms with Crippen LogP contribution in [-0.4, -0.2) is 36.1 Å². The van der Waals surface area contributed by atoms with E-state index in [0.717, 1.165) is 19.4 Å². The van der Waals surface area contributed by atoms with Gasteiger partial charge in [0.15, 0.2) is 0 Å². The third-order valence-electron chi connectivity index (χ3n) is 2.74. The lowest BCUT2D eigenvalue weighted by atomic mass is 10.1. The standard InChI is InChI=1S/C10H18N2O3/c1-2-7(10(14)15)6-12-9(13)8-4-3-5-11-8/h7-8,11H,2-6H2,1H3,(H,12,13)(H,14,15)/t7?,8-/m1/s1. The first-order valence-electron chi connectivity index (χ1n) is 5.39. The van der Waals surface area contributed by atoms with Gasteiger partial charge in [-0.05, 0) is 25.8 Å². The second kappa shape index (κ2) is 5.70. The van der Waals surface area contributed by atoms with E-state index in [1.165, 1.54) is 0 Å². The topological polar surface area (TPSA) is 78.4 Å². The molecule has 0 aromatic rings. The molecule has 5 nitrogen and oxygen atoms in total. The minimum atomic E-state index is -0.850. The number of hydrogen-bond donors (Lipinski definition) is 3. The van der Waals surface area contributed by atoms with Crippen molar-refractivity contribution in [3.63, 3.8) is 0 Å². The highest BCUT2D eigenvalue weighted by Crippen LogP contribution is 2.05. The van der Waals surface area contributed by atoms with E-state index in [0.29, 0.717) is 6.42 Å². The van der Waals surface area contributed by atoms with Crippen molar-refractivity contribution in [1.29, 1.82) is 0 Å². The maximum absolute atomic E-state index is 11.5. The van der Waals surface area contributed by atoms with E-state index in [-0.39, 0.29) is 18.5 Å². The Hall–Kier alpha value is -1.10. The van der Waals surface area contributed by atoms with E-state index >= 15 is 0 Å². The molecule has 0 radical (unpaired) electrons. The zero-order valence-electron chi connectivity index (χ0n) is 8.95. The van der Waals surface area contributed by atoms with E-state index in [1.807, 2.05) is 0 Å². The Morgan fingerprint density at radius 2 is 2.33 bits per heavy atom. The smallest absolute Gasteiger partial charge is 0.308 e. The quantitative estimate of drug-likeness (QED) is 0.600. The van der Waals surface area contributed by atoms with Crippen molar-refractivity contribution in [3.8, 4) is 0 Å². The van der Waals surface area contributed by atoms with Gasteiger partial charge in [-0.15, -0.1) is 0 Å². The highest BCUT2D eigenvalue weighted by atomic mass is 16.4. The highest BCUT2D eigenvalue weighted by Gasteiger charge is 2.23. The van der Waals surface area contributed by atoms with Crippen molar-refractivity contribution in [3.05, 3.63) is 0 Å². The molecule has 1 fully saturated rings. The lowest BCUT2D eigenvalue weighted by Crippen LogP contribution is -2.43. The molecule has 0 aromatic carbocycles. The first-order valence-corrected chi connectivity index (χ1v) is 5.39. The van der Waals surface area contributed by atoms with Gasteiger partial charge >= 0.3 is 5.97 Å². The molecule has 0 aromatic heterocycles. The number of carbonyl (C=O) groups is 2. The van der Waals surface area contributed by atoms with E-state index in [1.54, 1.807) is 6.92 Å². The molecular formula is C10H18N2O3. The zero-order chi connectivity index (χ0) is 11.3. The van der Waals surface area contributed by atoms with Crippen LogP contribution in [0.1, 0.15) is 26.2 Å². The summed E-state index contributed by atoms with van der Waals surface area (Å²) in [7, 11) is 0. The molecule has 1 rings (SSSR count). The summed E-state index contributed by atoms with van der Waals surface area (Å²) in [6, 6.07) is -0.128. The molecule has 3 N–H and O–H groups in total. The van der Waals surface area contributed by atoms with Crippen LogP contribution >= 0.6 is 0 Å². The van der Waals surface area contributed by atoms with E-state index < -0.39 is 11.9 Å². The van der Waals surface area contributed by atoms with Crippen LogP contribution in [0, 0.1) is 5.92 Å². The first kappa shape index (κ1) is 12.0. The maximum atomic E-state index is 11.5. The Kier molecular flexibility index (Phi) is 4.55. The molecule has 15 heavy (non-hydrogen) atoms. The summed E-state index contributed by atoms with van der Waals surface area (Å²) in [5.41, 5.74) is 0. The molecule has 1 aliphatic rings. The predicted octanol–water partition coefficient (Wildman–Crippen LogP) is -0.0346. The fraction of sp³-hybridized carbons (Fsp3) is 0.800. The van der Waals surface area contributed by atoms with Crippen molar-refractivity contribution < 1.29 is 14.7 Å². The monoisotopic (exact) mass is 214 g/mol. The van der Waals surface area contributed by atoms with Crippen molar-refractivity contribution >= 4 is 11.9 Å². The molecule has 0 bridgehead atoms. The summed E-state index contributed by atoms with van der Waals surface area (Å²) in [5.74, 6) is -1.40. The van der Waals surface area contributed by atoms with Crippen LogP contribution in [0.3, 0.4) is 0 Å². The van der Waals surface area contributed by atoms with Gasteiger partial charge in [0.05, 0.1) is 12.0 Å². The van der Waals surface area contributed by atoms with Gasteiger partial charge in [0, 0.05) is 6.54 Å². The minimum Gasteiger partial charge on any atom is -0.481 e. The molecule has 0 saturated carbocycles. The summed E-state index contributed by atoms with van der Waals surface area (Å²) in [5, 5.41) is 14.5. The molecule has 1 amide bonds. The third kappa shape index (κ3) is 3.51. The van der Waals surface area contributed by atoms with Gasteiger partial charge in [-0.3, -0.25) is 9.59 Å². The molecule has 86 valence electrons. The van der Waals surface area contributed by atoms with Crippen LogP contribution in [0.15, 0.2) is 0 Å². The van der Waals surface area contributed by atoms with Gasteiger partial charge in [-0.2, -0.15) is 0 Å². The van der Waals surface area contributed by atoms with Crippen LogP contribution in [0.4, 0.5) is 0 Å². The number of rotatable bonds is 5. The predicted molar refractivity (Wildman–Crippen MR) is 55.5 cm³/mol. The summed E-state index contributed by atoms with van der Waals surface area (Å²) in [6.45, 7) is 2.90. The van der Waals surface area contributed by atoms with Crippen molar-refractivity contribution in [2.24, 2.45) is 5.92 Å². The van der Waals surface area contributed by atoms with Gasteiger partial charge in [-0.1, -0.05) is 6.92 Å². The lowest BCUT2D eigenvalue weighted by Gasteiger charge is -2.14. The van der Waals surface area contributed by atoms with Crippen molar-refractivity contribution in [2.75, 3.05) is 13.1 Å². The number of carbonyl (C=O) groups excluding carboxylic acids is 1. The fourth-order valence-electron chi connectivity index (χ4n) is 1.66. The largest absolute Gasteiger partial charge is 0.481 e. The first-order chi connectivity index (χ1) is 7.15. The number of carboxylic acids is 1. The van der Waals surface area contributed by atoms with Gasteiger partial charge in [0.25, 0.3) is 0 Å². The van der Waals surface area contributed by atoms with Crippen LogP contribution in [-0.2, 0) is 9.59 Å². The SMILES string of the molecule is CCC(CNC(=O)[C@H]1CCCN1)C(=O)O. The Labute approximate surface area is 89.2 Å². The molecule has 1 unspecified atom stereocenters. The van der Waals surface area contributed by atoms with E-state index in [4.69, 9.17) is 5.11 Å². The Morgan fingerprint density at radius 3 is 2.80 bits per heavy atom. The Bertz CT molecular complexity index is 237. The third-order valence-corrected chi connectivity index (χ3v) is 2.74. The second-order valence-corrected chi connectivity index (χ2v) is 3.84. The number of hydrogen-bond acceptors (Lipinski definition) is 3. The van der Waals surface area contributed by atoms with Crippen LogP contribution in [0.2, 0.25) is 0 Å². The highest BCUT2D eigenvalue weighted by molar-refractivity contribution is 5.82. The molecule has 1 heterocycles. The van der Waals surface area contributed by atoms with Gasteiger partial charge in [0.1, 0.15) is 0 Å². The summed E-state index contributed by atoms with van der Waals surface area (Å²) in [4.78, 5) is 22.2. The van der Waals surface area contributed by atoms with Crippen LogP contribution in [0.5, 0.6) is 0 Å². The number of nitrogens with one attached hydrogen (secondary N) is 2. The average Bonchev–Trinajstić information content (AvgIpc) is 2.70. The molecule has 0 spiro atoms. The van der Waals surface area contributed by atoms with Gasteiger partial charge < -0.3 is 15.7 Å². The molecule has 1 aliphatic heterocycles. The molecular weight excluding hydrogens is 196 g/mol. The lowest BCUT2D eigenvalue weighted by molar-refractivity contribution is -0.141. The van der Waals surface area contributed by atoms with Crippen LogP contribution in [0.25, 0.3) is 0 Å². The average molecular weight is 214 g/mol. The van der Waals surface area contributed by atoms with Crippen molar-refractivity contribution in [1.82, 2.24) is 10.6 Å². The molecule has 1 saturated heterocycles. The fourth-order valence-corrected chi connectivity index (χ4v) is 1.66. The number of amides is 1. The number of aliphatic carboxylic acids is 1. The Morgan fingerprint density at radius 1 is 1.60 bits per heavy atom. The van der Waals surface area contributed by atoms with Crippen molar-refractivity contribution in [2.45, 2.75) is 32.2 Å². The normalized spacial score (nSPS) is 22.3. The molecule has 2 atom stereocenters. The minimum absolute atomic E-state index is 0.0767. The second-order valence-electron chi connectivity index (χ2n) is 3.84. The molecule has 0 aliphatic carbocycles. The Balaban J connectivity index is 2.28. The van der Waals surface area contributed by atoms with Gasteiger partial charge in [-0.25, -0.2) is 0 Å². The van der Waals surface area contributed by atoms with E-state index in [9.17, 15) is 9.59 Å².